The van der Waals surface area contributed by atoms with Crippen LogP contribution in [0.15, 0.2) is 36.4 Å². The number of piperazine rings is 1. The van der Waals surface area contributed by atoms with Gasteiger partial charge < -0.3 is 14.7 Å². The minimum atomic E-state index is -0.537. The highest BCUT2D eigenvalue weighted by Gasteiger charge is 2.31. The van der Waals surface area contributed by atoms with Crippen LogP contribution in [-0.2, 0) is 0 Å². The summed E-state index contributed by atoms with van der Waals surface area (Å²) in [6, 6.07) is 13.2. The molecule has 2 heterocycles. The van der Waals surface area contributed by atoms with Crippen molar-refractivity contribution in [2.45, 2.75) is 52.8 Å². The van der Waals surface area contributed by atoms with E-state index in [4.69, 9.17) is 4.74 Å². The zero-order chi connectivity index (χ0) is 22.1. The van der Waals surface area contributed by atoms with Gasteiger partial charge in [0, 0.05) is 43.5 Å². The molecule has 6 heteroatoms. The van der Waals surface area contributed by atoms with Gasteiger partial charge in [-0.1, -0.05) is 18.2 Å². The van der Waals surface area contributed by atoms with Gasteiger partial charge in [0.25, 0.3) is 0 Å². The van der Waals surface area contributed by atoms with Gasteiger partial charge >= 0.3 is 0 Å². The summed E-state index contributed by atoms with van der Waals surface area (Å²) in [7, 11) is 0. The van der Waals surface area contributed by atoms with E-state index < -0.39 is 6.10 Å². The third-order valence-corrected chi connectivity index (χ3v) is 7.14. The maximum Gasteiger partial charge on any atom is 0.121 e. The first-order valence-electron chi connectivity index (χ1n) is 11.1. The summed E-state index contributed by atoms with van der Waals surface area (Å²) in [5, 5.41) is 11.7. The van der Waals surface area contributed by atoms with Crippen LogP contribution in [0.4, 0.5) is 5.69 Å². The van der Waals surface area contributed by atoms with Gasteiger partial charge in [-0.15, -0.1) is 11.3 Å². The van der Waals surface area contributed by atoms with Crippen LogP contribution in [0.1, 0.15) is 30.0 Å². The summed E-state index contributed by atoms with van der Waals surface area (Å²) in [5.41, 5.74) is 4.97. The first kappa shape index (κ1) is 22.1. The Balaban J connectivity index is 1.35. The number of thiazole rings is 1. The Labute approximate surface area is 189 Å². The van der Waals surface area contributed by atoms with E-state index in [-0.39, 0.29) is 6.61 Å². The lowest BCUT2D eigenvalue weighted by atomic mass is 10.0. The normalized spacial score (nSPS) is 20.9. The Bertz CT molecular complexity index is 1020. The second kappa shape index (κ2) is 9.15. The minimum Gasteiger partial charge on any atom is -0.491 e. The average molecular weight is 440 g/mol. The van der Waals surface area contributed by atoms with Gasteiger partial charge in [0.2, 0.25) is 0 Å². The van der Waals surface area contributed by atoms with Crippen molar-refractivity contribution in [1.82, 2.24) is 9.88 Å². The Morgan fingerprint density at radius 1 is 1.10 bits per heavy atom. The number of aliphatic hydroxyl groups is 1. The summed E-state index contributed by atoms with van der Waals surface area (Å²) in [6.07, 6.45) is -0.537. The molecule has 1 fully saturated rings. The molecule has 1 aliphatic rings. The molecular weight excluding hydrogens is 406 g/mol. The molecule has 0 radical (unpaired) electrons. The number of aliphatic hydroxyl groups excluding tert-OH is 1. The third kappa shape index (κ3) is 4.86. The standard InChI is InChI=1S/C25H33N3O2S/c1-16-7-6-8-17(2)25(16)27-12-18(3)28(19(4)13-27)14-21(29)15-30-22-9-10-24-23(11-22)26-20(5)31-24/h6-11,18-19,21,29H,12-15H2,1-5H3. The molecule has 3 unspecified atom stereocenters. The Hall–Kier alpha value is -2.15. The van der Waals surface area contributed by atoms with Crippen molar-refractivity contribution in [2.75, 3.05) is 31.1 Å². The van der Waals surface area contributed by atoms with Crippen molar-refractivity contribution in [3.63, 3.8) is 0 Å². The number of ether oxygens (including phenoxy) is 1. The van der Waals surface area contributed by atoms with Gasteiger partial charge in [-0.25, -0.2) is 4.98 Å². The van der Waals surface area contributed by atoms with E-state index in [2.05, 4.69) is 60.7 Å². The Kier molecular flexibility index (Phi) is 6.51. The van der Waals surface area contributed by atoms with Crippen molar-refractivity contribution >= 4 is 27.2 Å². The number of β-amino-alcohol motifs (C(OH)–C–C–N with tert-alkyl or cyclic N) is 1. The van der Waals surface area contributed by atoms with Crippen LogP contribution < -0.4 is 9.64 Å². The SMILES string of the molecule is Cc1nc2cc(OCC(O)CN3C(C)CN(c4c(C)cccc4C)CC3C)ccc2s1. The minimum absolute atomic E-state index is 0.283. The molecular formula is C25H33N3O2S. The van der Waals surface area contributed by atoms with Crippen LogP contribution in [0.25, 0.3) is 10.2 Å². The molecule has 1 aromatic heterocycles. The smallest absolute Gasteiger partial charge is 0.121 e. The summed E-state index contributed by atoms with van der Waals surface area (Å²) in [6.45, 7) is 13.7. The van der Waals surface area contributed by atoms with Crippen LogP contribution in [0.5, 0.6) is 5.75 Å². The number of benzene rings is 2. The summed E-state index contributed by atoms with van der Waals surface area (Å²) in [5.74, 6) is 0.762. The van der Waals surface area contributed by atoms with Gasteiger partial charge in [-0.3, -0.25) is 4.90 Å². The summed E-state index contributed by atoms with van der Waals surface area (Å²) < 4.78 is 7.06. The fourth-order valence-corrected chi connectivity index (χ4v) is 5.61. The molecule has 3 atom stereocenters. The van der Waals surface area contributed by atoms with Crippen molar-refractivity contribution in [3.8, 4) is 5.75 Å². The van der Waals surface area contributed by atoms with Crippen LogP contribution in [0.2, 0.25) is 0 Å². The van der Waals surface area contributed by atoms with Gasteiger partial charge in [0.15, 0.2) is 0 Å². The second-order valence-corrected chi connectivity index (χ2v) is 10.1. The molecule has 5 nitrogen and oxygen atoms in total. The number of fused-ring (bicyclic) bond motifs is 1. The number of aryl methyl sites for hydroxylation is 3. The van der Waals surface area contributed by atoms with E-state index in [0.29, 0.717) is 18.6 Å². The first-order chi connectivity index (χ1) is 14.8. The van der Waals surface area contributed by atoms with Crippen molar-refractivity contribution in [3.05, 3.63) is 52.5 Å². The highest BCUT2D eigenvalue weighted by molar-refractivity contribution is 7.18. The molecule has 4 rings (SSSR count). The molecule has 0 amide bonds. The lowest BCUT2D eigenvalue weighted by molar-refractivity contribution is 0.0318. The van der Waals surface area contributed by atoms with Crippen LogP contribution in [-0.4, -0.2) is 59.4 Å². The van der Waals surface area contributed by atoms with E-state index >= 15 is 0 Å². The first-order valence-corrected chi connectivity index (χ1v) is 11.9. The zero-order valence-corrected chi connectivity index (χ0v) is 19.9. The zero-order valence-electron chi connectivity index (χ0n) is 19.1. The fraction of sp³-hybridized carbons (Fsp3) is 0.480. The number of hydrogen-bond acceptors (Lipinski definition) is 6. The lowest BCUT2D eigenvalue weighted by Gasteiger charge is -2.46. The van der Waals surface area contributed by atoms with E-state index in [1.807, 2.05) is 25.1 Å². The molecule has 2 aromatic carbocycles. The van der Waals surface area contributed by atoms with Crippen LogP contribution in [0, 0.1) is 20.8 Å². The van der Waals surface area contributed by atoms with E-state index in [9.17, 15) is 5.11 Å². The average Bonchev–Trinajstić information content (AvgIpc) is 3.08. The monoisotopic (exact) mass is 439 g/mol. The van der Waals surface area contributed by atoms with E-state index in [1.165, 1.54) is 16.8 Å². The molecule has 166 valence electrons. The van der Waals surface area contributed by atoms with E-state index in [1.54, 1.807) is 11.3 Å². The lowest BCUT2D eigenvalue weighted by Crippen LogP contribution is -2.59. The quantitative estimate of drug-likeness (QED) is 0.610. The maximum absolute atomic E-state index is 10.7. The van der Waals surface area contributed by atoms with Gasteiger partial charge in [-0.2, -0.15) is 0 Å². The molecule has 0 aliphatic carbocycles. The Morgan fingerprint density at radius 2 is 1.77 bits per heavy atom. The summed E-state index contributed by atoms with van der Waals surface area (Å²) in [4.78, 5) is 9.43. The van der Waals surface area contributed by atoms with Crippen LogP contribution >= 0.6 is 11.3 Å². The van der Waals surface area contributed by atoms with Crippen molar-refractivity contribution in [2.24, 2.45) is 0 Å². The number of nitrogens with zero attached hydrogens (tertiary/aromatic N) is 3. The molecule has 0 saturated carbocycles. The van der Waals surface area contributed by atoms with E-state index in [0.717, 1.165) is 34.1 Å². The number of anilines is 1. The highest BCUT2D eigenvalue weighted by Crippen LogP contribution is 2.29. The molecule has 1 saturated heterocycles. The molecule has 31 heavy (non-hydrogen) atoms. The molecule has 0 spiro atoms. The van der Waals surface area contributed by atoms with Gasteiger partial charge in [-0.05, 0) is 57.9 Å². The highest BCUT2D eigenvalue weighted by atomic mass is 32.1. The molecule has 0 bridgehead atoms. The predicted octanol–water partition coefficient (Wildman–Crippen LogP) is 4.56. The number of hydrogen-bond donors (Lipinski definition) is 1. The van der Waals surface area contributed by atoms with Gasteiger partial charge in [0.05, 0.1) is 15.2 Å². The number of aromatic nitrogens is 1. The van der Waals surface area contributed by atoms with Crippen molar-refractivity contribution < 1.29 is 9.84 Å². The predicted molar refractivity (Wildman–Crippen MR) is 130 cm³/mol. The topological polar surface area (TPSA) is 48.8 Å². The molecule has 3 aromatic rings. The Morgan fingerprint density at radius 3 is 2.45 bits per heavy atom. The second-order valence-electron chi connectivity index (χ2n) is 8.87. The largest absolute Gasteiger partial charge is 0.491 e. The molecule has 1 aliphatic heterocycles. The number of rotatable bonds is 6. The molecule has 1 N–H and O–H groups in total. The maximum atomic E-state index is 10.7. The van der Waals surface area contributed by atoms with Gasteiger partial charge in [0.1, 0.15) is 18.5 Å². The fourth-order valence-electron chi connectivity index (χ4n) is 4.80. The number of para-hydroxylation sites is 1. The third-order valence-electron chi connectivity index (χ3n) is 6.19. The van der Waals surface area contributed by atoms with Crippen molar-refractivity contribution in [1.29, 1.82) is 0 Å². The van der Waals surface area contributed by atoms with Crippen LogP contribution in [0.3, 0.4) is 0 Å². The summed E-state index contributed by atoms with van der Waals surface area (Å²) >= 11 is 1.68.